The Labute approximate surface area is 169 Å². The molecule has 0 fully saturated rings. The summed E-state index contributed by atoms with van der Waals surface area (Å²) in [6.45, 7) is 11.2. The Morgan fingerprint density at radius 3 is 2.14 bits per heavy atom. The first-order valence-corrected chi connectivity index (χ1v) is 9.93. The zero-order valence-corrected chi connectivity index (χ0v) is 18.4. The number of methoxy groups -OCH3 is 3. The average Bonchev–Trinajstić information content (AvgIpc) is 2.70. The molecule has 7 heteroatoms. The Bertz CT molecular complexity index is 606. The summed E-state index contributed by atoms with van der Waals surface area (Å²) < 4.78 is 22.0. The van der Waals surface area contributed by atoms with Gasteiger partial charge in [-0.1, -0.05) is 13.8 Å². The van der Waals surface area contributed by atoms with Crippen LogP contribution in [0.3, 0.4) is 0 Å². The van der Waals surface area contributed by atoms with Crippen LogP contribution in [0.15, 0.2) is 17.1 Å². The van der Waals surface area contributed by atoms with Crippen molar-refractivity contribution in [2.24, 2.45) is 10.9 Å². The first-order chi connectivity index (χ1) is 13.5. The van der Waals surface area contributed by atoms with Crippen molar-refractivity contribution in [1.29, 1.82) is 0 Å². The summed E-state index contributed by atoms with van der Waals surface area (Å²) >= 11 is 0. The van der Waals surface area contributed by atoms with Gasteiger partial charge in [-0.05, 0) is 32.3 Å². The van der Waals surface area contributed by atoms with Crippen LogP contribution in [0.5, 0.6) is 17.2 Å². The molecule has 0 spiro atoms. The monoisotopic (exact) mass is 395 g/mol. The van der Waals surface area contributed by atoms with E-state index in [1.165, 1.54) is 0 Å². The molecule has 0 saturated carbocycles. The molecule has 0 radical (unpaired) electrons. The molecule has 160 valence electrons. The normalized spacial score (nSPS) is 12.6. The quantitative estimate of drug-likeness (QED) is 0.418. The molecule has 1 unspecified atom stereocenters. The van der Waals surface area contributed by atoms with E-state index in [1.54, 1.807) is 21.3 Å². The predicted octanol–water partition coefficient (Wildman–Crippen LogP) is 3.22. The summed E-state index contributed by atoms with van der Waals surface area (Å²) in [5.41, 5.74) is 0.923. The summed E-state index contributed by atoms with van der Waals surface area (Å²) in [4.78, 5) is 4.69. The molecule has 2 N–H and O–H groups in total. The molecule has 0 saturated heterocycles. The van der Waals surface area contributed by atoms with E-state index in [1.807, 2.05) is 26.0 Å². The van der Waals surface area contributed by atoms with E-state index < -0.39 is 0 Å². The molecule has 0 heterocycles. The fraction of sp³-hybridized carbons (Fsp3) is 0.667. The third-order valence-electron chi connectivity index (χ3n) is 4.38. The topological polar surface area (TPSA) is 73.3 Å². The molecular weight excluding hydrogens is 358 g/mol. The standard InChI is InChI=1S/C21H37N3O4/c1-8-22-21(23-11-10-17(15(3)4)28-9-2)24-14-16-12-19(26-6)20(27-7)13-18(16)25-5/h12-13,15,17H,8-11,14H2,1-7H3,(H2,22,23,24). The maximum Gasteiger partial charge on any atom is 0.191 e. The van der Waals surface area contributed by atoms with Crippen molar-refractivity contribution in [3.63, 3.8) is 0 Å². The lowest BCUT2D eigenvalue weighted by Crippen LogP contribution is -2.39. The van der Waals surface area contributed by atoms with Gasteiger partial charge in [-0.2, -0.15) is 0 Å². The van der Waals surface area contributed by atoms with Gasteiger partial charge in [0.25, 0.3) is 0 Å². The number of ether oxygens (including phenoxy) is 4. The Hall–Kier alpha value is -2.15. The van der Waals surface area contributed by atoms with E-state index >= 15 is 0 Å². The molecule has 1 aromatic rings. The van der Waals surface area contributed by atoms with E-state index in [0.717, 1.165) is 37.6 Å². The summed E-state index contributed by atoms with van der Waals surface area (Å²) in [6.07, 6.45) is 1.17. The third-order valence-corrected chi connectivity index (χ3v) is 4.38. The molecule has 0 aliphatic rings. The first kappa shape index (κ1) is 23.9. The molecule has 0 aromatic heterocycles. The van der Waals surface area contributed by atoms with Crippen molar-refractivity contribution in [2.75, 3.05) is 41.0 Å². The molecule has 0 aliphatic heterocycles. The third kappa shape index (κ3) is 7.46. The number of guanidine groups is 1. The van der Waals surface area contributed by atoms with Gasteiger partial charge in [0.15, 0.2) is 17.5 Å². The minimum atomic E-state index is 0.242. The van der Waals surface area contributed by atoms with Gasteiger partial charge in [0.2, 0.25) is 0 Å². The molecule has 0 aliphatic carbocycles. The van der Waals surface area contributed by atoms with Crippen LogP contribution in [0.1, 0.15) is 39.7 Å². The van der Waals surface area contributed by atoms with Crippen LogP contribution in [0.25, 0.3) is 0 Å². The fourth-order valence-corrected chi connectivity index (χ4v) is 2.88. The summed E-state index contributed by atoms with van der Waals surface area (Å²) in [6, 6.07) is 3.72. The smallest absolute Gasteiger partial charge is 0.191 e. The van der Waals surface area contributed by atoms with E-state index in [2.05, 4.69) is 29.5 Å². The van der Waals surface area contributed by atoms with Crippen LogP contribution in [0, 0.1) is 5.92 Å². The highest BCUT2D eigenvalue weighted by Gasteiger charge is 2.14. The van der Waals surface area contributed by atoms with Crippen molar-refractivity contribution >= 4 is 5.96 Å². The Kier molecular flexibility index (Phi) is 11.2. The number of hydrogen-bond donors (Lipinski definition) is 2. The zero-order chi connectivity index (χ0) is 20.9. The van der Waals surface area contributed by atoms with E-state index in [-0.39, 0.29) is 6.10 Å². The van der Waals surface area contributed by atoms with E-state index in [9.17, 15) is 0 Å². The van der Waals surface area contributed by atoms with Crippen molar-refractivity contribution < 1.29 is 18.9 Å². The van der Waals surface area contributed by atoms with Crippen LogP contribution in [0.4, 0.5) is 0 Å². The Morgan fingerprint density at radius 2 is 1.61 bits per heavy atom. The average molecular weight is 396 g/mol. The van der Waals surface area contributed by atoms with Crippen LogP contribution in [-0.4, -0.2) is 53.1 Å². The van der Waals surface area contributed by atoms with Gasteiger partial charge >= 0.3 is 0 Å². The minimum absolute atomic E-state index is 0.242. The van der Waals surface area contributed by atoms with E-state index in [0.29, 0.717) is 29.7 Å². The fourth-order valence-electron chi connectivity index (χ4n) is 2.88. The van der Waals surface area contributed by atoms with E-state index in [4.69, 9.17) is 18.9 Å². The minimum Gasteiger partial charge on any atom is -0.496 e. The zero-order valence-electron chi connectivity index (χ0n) is 18.4. The molecule has 0 bridgehead atoms. The number of hydrogen-bond acceptors (Lipinski definition) is 5. The number of aliphatic imine (C=N–C) groups is 1. The van der Waals surface area contributed by atoms with Crippen molar-refractivity contribution in [1.82, 2.24) is 10.6 Å². The van der Waals surface area contributed by atoms with Crippen LogP contribution in [-0.2, 0) is 11.3 Å². The lowest BCUT2D eigenvalue weighted by molar-refractivity contribution is 0.0258. The number of nitrogens with zero attached hydrogens (tertiary/aromatic N) is 1. The van der Waals surface area contributed by atoms with Crippen molar-refractivity contribution in [2.45, 2.75) is 46.8 Å². The van der Waals surface area contributed by atoms with Gasteiger partial charge < -0.3 is 29.6 Å². The molecule has 1 aromatic carbocycles. The molecule has 28 heavy (non-hydrogen) atoms. The maximum atomic E-state index is 5.81. The highest BCUT2D eigenvalue weighted by atomic mass is 16.5. The highest BCUT2D eigenvalue weighted by Crippen LogP contribution is 2.34. The van der Waals surface area contributed by atoms with Crippen LogP contribution >= 0.6 is 0 Å². The van der Waals surface area contributed by atoms with Gasteiger partial charge in [0.05, 0.1) is 34.0 Å². The van der Waals surface area contributed by atoms with Crippen LogP contribution in [0.2, 0.25) is 0 Å². The summed E-state index contributed by atoms with van der Waals surface area (Å²) in [7, 11) is 4.86. The van der Waals surface area contributed by atoms with Gasteiger partial charge in [0.1, 0.15) is 5.75 Å². The van der Waals surface area contributed by atoms with Gasteiger partial charge in [-0.3, -0.25) is 0 Å². The lowest BCUT2D eigenvalue weighted by atomic mass is 10.0. The molecular formula is C21H37N3O4. The summed E-state index contributed by atoms with van der Waals surface area (Å²) in [5.74, 6) is 3.25. The second kappa shape index (κ2) is 13.1. The second-order valence-electron chi connectivity index (χ2n) is 6.67. The predicted molar refractivity (Wildman–Crippen MR) is 114 cm³/mol. The molecule has 0 amide bonds. The molecule has 1 rings (SSSR count). The van der Waals surface area contributed by atoms with Crippen molar-refractivity contribution in [3.8, 4) is 17.2 Å². The second-order valence-corrected chi connectivity index (χ2v) is 6.67. The number of benzene rings is 1. The summed E-state index contributed by atoms with van der Waals surface area (Å²) in [5, 5.41) is 6.66. The van der Waals surface area contributed by atoms with Crippen molar-refractivity contribution in [3.05, 3.63) is 17.7 Å². The lowest BCUT2D eigenvalue weighted by Gasteiger charge is -2.21. The largest absolute Gasteiger partial charge is 0.496 e. The molecule has 7 nitrogen and oxygen atoms in total. The SMILES string of the molecule is CCNC(=NCc1cc(OC)c(OC)cc1OC)NCCC(OCC)C(C)C. The maximum absolute atomic E-state index is 5.81. The Balaban J connectivity index is 2.83. The first-order valence-electron chi connectivity index (χ1n) is 9.93. The molecule has 1 atom stereocenters. The van der Waals surface area contributed by atoms with Gasteiger partial charge in [-0.15, -0.1) is 0 Å². The number of nitrogens with one attached hydrogen (secondary N) is 2. The highest BCUT2D eigenvalue weighted by molar-refractivity contribution is 5.79. The van der Waals surface area contributed by atoms with Crippen LogP contribution < -0.4 is 24.8 Å². The van der Waals surface area contributed by atoms with Gasteiger partial charge in [-0.25, -0.2) is 4.99 Å². The van der Waals surface area contributed by atoms with Gasteiger partial charge in [0, 0.05) is 31.3 Å². The Morgan fingerprint density at radius 1 is 0.964 bits per heavy atom. The number of rotatable bonds is 12.